The summed E-state index contributed by atoms with van der Waals surface area (Å²) in [5.41, 5.74) is 6.85. The van der Waals surface area contributed by atoms with Gasteiger partial charge in [0.05, 0.1) is 18.3 Å². The van der Waals surface area contributed by atoms with E-state index in [4.69, 9.17) is 12.2 Å². The number of benzene rings is 1. The Kier molecular flexibility index (Phi) is 8.34. The lowest BCUT2D eigenvalue weighted by molar-refractivity contribution is -0.144. The van der Waals surface area contributed by atoms with Gasteiger partial charge in [-0.25, -0.2) is 8.42 Å². The minimum atomic E-state index is -3.58. The number of nitrogens with two attached hydrogens (primary N) is 1. The molecule has 9 heteroatoms. The number of rotatable bonds is 8. The predicted octanol–water partition coefficient (Wildman–Crippen LogP) is -0.488. The van der Waals surface area contributed by atoms with Gasteiger partial charge >= 0.3 is 0 Å². The molecule has 158 valence electrons. The highest BCUT2D eigenvalue weighted by molar-refractivity contribution is 7.89. The van der Waals surface area contributed by atoms with Crippen molar-refractivity contribution in [3.63, 3.8) is 0 Å². The van der Waals surface area contributed by atoms with Gasteiger partial charge in [-0.05, 0) is 19.0 Å². The van der Waals surface area contributed by atoms with Gasteiger partial charge < -0.3 is 10.6 Å². The van der Waals surface area contributed by atoms with Crippen molar-refractivity contribution in [3.8, 4) is 12.3 Å². The summed E-state index contributed by atoms with van der Waals surface area (Å²) in [5, 5.41) is 0. The lowest BCUT2D eigenvalue weighted by Gasteiger charge is -2.31. The standard InChI is InChI=1S/C20H28N4O4S/c1-3-10-24(20(26)18(21)16-17-7-5-4-6-8-17)19(25)9-15-29(27,28)23-13-11-22(2)12-14-23/h1,4-8,18H,9-16,21H2,2H3/t18-/m0/s1. The normalized spacial score (nSPS) is 16.7. The molecule has 0 spiro atoms. The third-order valence-corrected chi connectivity index (χ3v) is 6.73. The third-order valence-electron chi connectivity index (χ3n) is 4.86. The second-order valence-corrected chi connectivity index (χ2v) is 9.18. The largest absolute Gasteiger partial charge is 0.320 e. The quantitative estimate of drug-likeness (QED) is 0.570. The molecular weight excluding hydrogens is 392 g/mol. The molecule has 29 heavy (non-hydrogen) atoms. The van der Waals surface area contributed by atoms with Crippen molar-refractivity contribution in [1.82, 2.24) is 14.1 Å². The Morgan fingerprint density at radius 1 is 1.21 bits per heavy atom. The molecular formula is C20H28N4O4S. The summed E-state index contributed by atoms with van der Waals surface area (Å²) in [7, 11) is -1.65. The first-order valence-corrected chi connectivity index (χ1v) is 11.1. The average Bonchev–Trinajstić information content (AvgIpc) is 2.71. The van der Waals surface area contributed by atoms with E-state index in [1.807, 2.05) is 42.3 Å². The summed E-state index contributed by atoms with van der Waals surface area (Å²) in [6, 6.07) is 8.25. The maximum Gasteiger partial charge on any atom is 0.247 e. The van der Waals surface area contributed by atoms with Crippen LogP contribution in [0.25, 0.3) is 0 Å². The van der Waals surface area contributed by atoms with Gasteiger partial charge in [0.2, 0.25) is 21.8 Å². The van der Waals surface area contributed by atoms with Crippen molar-refractivity contribution in [3.05, 3.63) is 35.9 Å². The molecule has 0 radical (unpaired) electrons. The number of hydrogen-bond acceptors (Lipinski definition) is 6. The minimum Gasteiger partial charge on any atom is -0.320 e. The monoisotopic (exact) mass is 420 g/mol. The Hall–Kier alpha value is -2.25. The van der Waals surface area contributed by atoms with E-state index in [1.165, 1.54) is 4.31 Å². The molecule has 2 rings (SSSR count). The highest BCUT2D eigenvalue weighted by Gasteiger charge is 2.30. The first kappa shape index (κ1) is 23.0. The van der Waals surface area contributed by atoms with E-state index in [1.54, 1.807) is 0 Å². The van der Waals surface area contributed by atoms with Crippen LogP contribution in [-0.4, -0.2) is 85.9 Å². The second kappa shape index (κ2) is 10.5. The van der Waals surface area contributed by atoms with E-state index in [2.05, 4.69) is 5.92 Å². The molecule has 2 amide bonds. The summed E-state index contributed by atoms with van der Waals surface area (Å²) in [4.78, 5) is 28.2. The molecule has 0 aromatic heterocycles. The van der Waals surface area contributed by atoms with Crippen molar-refractivity contribution >= 4 is 21.8 Å². The summed E-state index contributed by atoms with van der Waals surface area (Å²) in [6.07, 6.45) is 5.24. The van der Waals surface area contributed by atoms with Gasteiger partial charge in [-0.3, -0.25) is 14.5 Å². The van der Waals surface area contributed by atoms with Gasteiger partial charge in [0.1, 0.15) is 0 Å². The molecule has 2 N–H and O–H groups in total. The number of carbonyl (C=O) groups is 2. The van der Waals surface area contributed by atoms with E-state index < -0.39 is 27.9 Å². The van der Waals surface area contributed by atoms with Crippen LogP contribution in [0.3, 0.4) is 0 Å². The van der Waals surface area contributed by atoms with Crippen LogP contribution < -0.4 is 5.73 Å². The summed E-state index contributed by atoms with van der Waals surface area (Å²) in [6.45, 7) is 1.82. The number of nitrogens with zero attached hydrogens (tertiary/aromatic N) is 3. The van der Waals surface area contributed by atoms with Crippen LogP contribution in [0, 0.1) is 12.3 Å². The van der Waals surface area contributed by atoms with E-state index in [0.29, 0.717) is 26.2 Å². The SMILES string of the molecule is C#CCN(C(=O)CCS(=O)(=O)N1CCN(C)CC1)C(=O)[C@@H](N)Cc1ccccc1. The Morgan fingerprint density at radius 2 is 1.83 bits per heavy atom. The zero-order valence-electron chi connectivity index (χ0n) is 16.7. The fraction of sp³-hybridized carbons (Fsp3) is 0.500. The van der Waals surface area contributed by atoms with Crippen molar-refractivity contribution < 1.29 is 18.0 Å². The van der Waals surface area contributed by atoms with Crippen LogP contribution in [0.15, 0.2) is 30.3 Å². The molecule has 1 aromatic carbocycles. The summed E-state index contributed by atoms with van der Waals surface area (Å²) < 4.78 is 26.4. The predicted molar refractivity (Wildman–Crippen MR) is 111 cm³/mol. The van der Waals surface area contributed by atoms with Crippen molar-refractivity contribution in [1.29, 1.82) is 0 Å². The third kappa shape index (κ3) is 6.65. The number of terminal acetylenes is 1. The topological polar surface area (TPSA) is 104 Å². The number of likely N-dealkylation sites (N-methyl/N-ethyl adjacent to an activating group) is 1. The molecule has 0 aliphatic carbocycles. The highest BCUT2D eigenvalue weighted by Crippen LogP contribution is 2.10. The van der Waals surface area contributed by atoms with Gasteiger partial charge in [0, 0.05) is 32.6 Å². The molecule has 1 aliphatic heterocycles. The van der Waals surface area contributed by atoms with Crippen molar-refractivity contribution in [2.45, 2.75) is 18.9 Å². The van der Waals surface area contributed by atoms with Crippen LogP contribution >= 0.6 is 0 Å². The van der Waals surface area contributed by atoms with E-state index >= 15 is 0 Å². The second-order valence-electron chi connectivity index (χ2n) is 7.09. The van der Waals surface area contributed by atoms with Crippen LogP contribution in [0.4, 0.5) is 0 Å². The summed E-state index contributed by atoms with van der Waals surface area (Å²) >= 11 is 0. The molecule has 1 atom stereocenters. The first-order chi connectivity index (χ1) is 13.7. The fourth-order valence-corrected chi connectivity index (χ4v) is 4.49. The van der Waals surface area contributed by atoms with Crippen molar-refractivity contribution in [2.24, 2.45) is 5.73 Å². The van der Waals surface area contributed by atoms with Crippen LogP contribution in [0.5, 0.6) is 0 Å². The average molecular weight is 421 g/mol. The lowest BCUT2D eigenvalue weighted by Crippen LogP contribution is -2.50. The van der Waals surface area contributed by atoms with E-state index in [9.17, 15) is 18.0 Å². The maximum atomic E-state index is 12.7. The Bertz CT molecular complexity index is 843. The lowest BCUT2D eigenvalue weighted by atomic mass is 10.1. The van der Waals surface area contributed by atoms with Gasteiger partial charge in [-0.15, -0.1) is 6.42 Å². The smallest absolute Gasteiger partial charge is 0.247 e. The molecule has 0 unspecified atom stereocenters. The first-order valence-electron chi connectivity index (χ1n) is 9.48. The molecule has 0 bridgehead atoms. The number of hydrogen-bond donors (Lipinski definition) is 1. The van der Waals surface area contributed by atoms with Gasteiger partial charge in [0.15, 0.2) is 0 Å². The van der Waals surface area contributed by atoms with Crippen LogP contribution in [0.2, 0.25) is 0 Å². The molecule has 1 saturated heterocycles. The van der Waals surface area contributed by atoms with E-state index in [-0.39, 0.29) is 25.1 Å². The van der Waals surface area contributed by atoms with Gasteiger partial charge in [0.25, 0.3) is 0 Å². The Morgan fingerprint density at radius 3 is 2.41 bits per heavy atom. The number of piperazine rings is 1. The van der Waals surface area contributed by atoms with Gasteiger partial charge in [-0.1, -0.05) is 36.3 Å². The molecule has 1 fully saturated rings. The Labute approximate surface area is 172 Å². The van der Waals surface area contributed by atoms with Crippen molar-refractivity contribution in [2.75, 3.05) is 45.5 Å². The number of sulfonamides is 1. The zero-order valence-corrected chi connectivity index (χ0v) is 17.5. The number of carbonyl (C=O) groups excluding carboxylic acids is 2. The fourth-order valence-electron chi connectivity index (χ4n) is 3.08. The van der Waals surface area contributed by atoms with E-state index in [0.717, 1.165) is 10.5 Å². The van der Waals surface area contributed by atoms with Crippen LogP contribution in [-0.2, 0) is 26.0 Å². The molecule has 1 aromatic rings. The summed E-state index contributed by atoms with van der Waals surface area (Å²) in [5.74, 6) is 0.680. The zero-order chi connectivity index (χ0) is 21.4. The maximum absolute atomic E-state index is 12.7. The number of imide groups is 1. The number of amides is 2. The molecule has 1 aliphatic rings. The molecule has 8 nitrogen and oxygen atoms in total. The molecule has 1 heterocycles. The Balaban J connectivity index is 1.97. The minimum absolute atomic E-state index is 0.241. The van der Waals surface area contributed by atoms with Gasteiger partial charge in [-0.2, -0.15) is 4.31 Å². The van der Waals surface area contributed by atoms with Crippen LogP contribution in [0.1, 0.15) is 12.0 Å². The molecule has 0 saturated carbocycles. The highest BCUT2D eigenvalue weighted by atomic mass is 32.2.